The quantitative estimate of drug-likeness (QED) is 0.753. The van der Waals surface area contributed by atoms with Gasteiger partial charge in [0, 0.05) is 6.54 Å². The molecule has 0 fully saturated rings. The number of rotatable bonds is 7. The Morgan fingerprint density at radius 1 is 1.25 bits per heavy atom. The minimum atomic E-state index is -0.348. The van der Waals surface area contributed by atoms with Crippen molar-refractivity contribution in [1.82, 2.24) is 5.32 Å². The average molecular weight is 300 g/mol. The summed E-state index contributed by atoms with van der Waals surface area (Å²) in [5, 5.41) is 3.76. The third kappa shape index (κ3) is 5.06. The van der Waals surface area contributed by atoms with E-state index in [0.717, 1.165) is 25.1 Å². The Kier molecular flexibility index (Phi) is 6.47. The van der Waals surface area contributed by atoms with Crippen molar-refractivity contribution in [3.05, 3.63) is 34.6 Å². The van der Waals surface area contributed by atoms with Gasteiger partial charge in [0.15, 0.2) is 0 Å². The second kappa shape index (κ2) is 7.42. The van der Waals surface area contributed by atoms with Crippen molar-refractivity contribution in [3.8, 4) is 0 Å². The maximum absolute atomic E-state index is 13.2. The van der Waals surface area contributed by atoms with Crippen LogP contribution in [0.3, 0.4) is 0 Å². The van der Waals surface area contributed by atoms with Crippen molar-refractivity contribution in [2.45, 2.75) is 41.0 Å². The molecule has 1 aromatic carbocycles. The molecule has 20 heavy (non-hydrogen) atoms. The highest BCUT2D eigenvalue weighted by Crippen LogP contribution is 2.32. The Morgan fingerprint density at radius 3 is 2.40 bits per heavy atom. The predicted octanol–water partition coefficient (Wildman–Crippen LogP) is 4.93. The lowest BCUT2D eigenvalue weighted by molar-refractivity contribution is 0.205. The fourth-order valence-corrected chi connectivity index (χ4v) is 2.44. The van der Waals surface area contributed by atoms with Crippen LogP contribution in [0, 0.1) is 23.1 Å². The van der Waals surface area contributed by atoms with Crippen molar-refractivity contribution in [2.75, 3.05) is 13.1 Å². The monoisotopic (exact) mass is 299 g/mol. The summed E-state index contributed by atoms with van der Waals surface area (Å²) in [4.78, 5) is 0. The van der Waals surface area contributed by atoms with Gasteiger partial charge in [-0.1, -0.05) is 52.3 Å². The molecule has 0 amide bonds. The van der Waals surface area contributed by atoms with Crippen LogP contribution >= 0.6 is 11.6 Å². The van der Waals surface area contributed by atoms with Crippen LogP contribution in [0.1, 0.15) is 40.2 Å². The Bertz CT molecular complexity index is 431. The smallest absolute Gasteiger partial charge is 0.141 e. The minimum absolute atomic E-state index is 0.135. The van der Waals surface area contributed by atoms with Crippen LogP contribution in [0.4, 0.5) is 4.39 Å². The fraction of sp³-hybridized carbons (Fsp3) is 0.647. The van der Waals surface area contributed by atoms with Gasteiger partial charge in [-0.25, -0.2) is 4.39 Å². The van der Waals surface area contributed by atoms with Crippen LogP contribution in [-0.2, 0) is 6.42 Å². The predicted molar refractivity (Wildman–Crippen MR) is 85.8 cm³/mol. The summed E-state index contributed by atoms with van der Waals surface area (Å²) < 4.78 is 13.2. The van der Waals surface area contributed by atoms with E-state index in [0.29, 0.717) is 11.8 Å². The van der Waals surface area contributed by atoms with Gasteiger partial charge in [-0.3, -0.25) is 0 Å². The van der Waals surface area contributed by atoms with Gasteiger partial charge in [0.1, 0.15) is 5.82 Å². The molecule has 1 atom stereocenters. The highest BCUT2D eigenvalue weighted by Gasteiger charge is 2.28. The molecule has 114 valence electrons. The molecule has 1 nitrogen and oxygen atoms in total. The number of halogens is 2. The Hall–Kier alpha value is -0.600. The SMILES string of the molecule is CC(C)CNCC(C)(Cc1ccc(F)c(Cl)c1)C(C)C. The zero-order valence-electron chi connectivity index (χ0n) is 13.3. The number of hydrogen-bond donors (Lipinski definition) is 1. The van der Waals surface area contributed by atoms with Crippen molar-refractivity contribution in [2.24, 2.45) is 17.3 Å². The first-order chi connectivity index (χ1) is 9.24. The Morgan fingerprint density at radius 2 is 1.90 bits per heavy atom. The molecule has 1 rings (SSSR count). The first kappa shape index (κ1) is 17.5. The van der Waals surface area contributed by atoms with E-state index in [1.807, 2.05) is 6.07 Å². The van der Waals surface area contributed by atoms with Gasteiger partial charge in [-0.2, -0.15) is 0 Å². The van der Waals surface area contributed by atoms with Crippen LogP contribution in [0.2, 0.25) is 5.02 Å². The molecule has 0 spiro atoms. The molecule has 1 N–H and O–H groups in total. The van der Waals surface area contributed by atoms with E-state index in [1.54, 1.807) is 6.07 Å². The Labute approximate surface area is 127 Å². The second-order valence-electron chi connectivity index (χ2n) is 6.76. The van der Waals surface area contributed by atoms with Crippen molar-refractivity contribution in [1.29, 1.82) is 0 Å². The highest BCUT2D eigenvalue weighted by molar-refractivity contribution is 6.30. The van der Waals surface area contributed by atoms with Crippen molar-refractivity contribution in [3.63, 3.8) is 0 Å². The third-order valence-electron chi connectivity index (χ3n) is 4.07. The molecule has 1 aromatic rings. The molecule has 1 unspecified atom stereocenters. The summed E-state index contributed by atoms with van der Waals surface area (Å²) in [5.41, 5.74) is 1.23. The maximum atomic E-state index is 13.2. The zero-order chi connectivity index (χ0) is 15.3. The second-order valence-corrected chi connectivity index (χ2v) is 7.17. The molecule has 0 heterocycles. The van der Waals surface area contributed by atoms with Crippen LogP contribution < -0.4 is 5.32 Å². The van der Waals surface area contributed by atoms with E-state index < -0.39 is 0 Å². The molecule has 0 aromatic heterocycles. The van der Waals surface area contributed by atoms with Crippen LogP contribution in [0.15, 0.2) is 18.2 Å². The van der Waals surface area contributed by atoms with Gasteiger partial charge < -0.3 is 5.32 Å². The van der Waals surface area contributed by atoms with Gasteiger partial charge in [-0.15, -0.1) is 0 Å². The van der Waals surface area contributed by atoms with E-state index >= 15 is 0 Å². The minimum Gasteiger partial charge on any atom is -0.316 e. The summed E-state index contributed by atoms with van der Waals surface area (Å²) in [7, 11) is 0. The standard InChI is InChI=1S/C17H27ClFN/c1-12(2)10-20-11-17(5,13(3)4)9-14-6-7-16(19)15(18)8-14/h6-8,12-13,20H,9-11H2,1-5H3. The molecular formula is C17H27ClFN. The third-order valence-corrected chi connectivity index (χ3v) is 4.36. The average Bonchev–Trinajstić information content (AvgIpc) is 2.33. The first-order valence-corrected chi connectivity index (χ1v) is 7.77. The lowest BCUT2D eigenvalue weighted by atomic mass is 9.74. The van der Waals surface area contributed by atoms with E-state index in [1.165, 1.54) is 6.07 Å². The zero-order valence-corrected chi connectivity index (χ0v) is 14.0. The summed E-state index contributed by atoms with van der Waals surface area (Å²) in [6.07, 6.45) is 0.899. The highest BCUT2D eigenvalue weighted by atomic mass is 35.5. The van der Waals surface area contributed by atoms with Gasteiger partial charge >= 0.3 is 0 Å². The summed E-state index contributed by atoms with van der Waals surface area (Å²) in [6, 6.07) is 5.05. The maximum Gasteiger partial charge on any atom is 0.141 e. The van der Waals surface area contributed by atoms with Gasteiger partial charge in [-0.05, 0) is 47.9 Å². The van der Waals surface area contributed by atoms with E-state index in [-0.39, 0.29) is 16.3 Å². The number of nitrogens with one attached hydrogen (secondary N) is 1. The lowest BCUT2D eigenvalue weighted by Crippen LogP contribution is -2.39. The molecule has 0 radical (unpaired) electrons. The Balaban J connectivity index is 2.77. The fourth-order valence-electron chi connectivity index (χ4n) is 2.23. The molecule has 3 heteroatoms. The molecule has 0 aliphatic rings. The summed E-state index contributed by atoms with van der Waals surface area (Å²) >= 11 is 5.88. The molecular weight excluding hydrogens is 273 g/mol. The lowest BCUT2D eigenvalue weighted by Gasteiger charge is -2.35. The molecule has 0 aliphatic heterocycles. The van der Waals surface area contributed by atoms with E-state index in [2.05, 4.69) is 39.9 Å². The van der Waals surface area contributed by atoms with Gasteiger partial charge in [0.25, 0.3) is 0 Å². The number of hydrogen-bond acceptors (Lipinski definition) is 1. The van der Waals surface area contributed by atoms with E-state index in [9.17, 15) is 4.39 Å². The van der Waals surface area contributed by atoms with Gasteiger partial charge in [0.05, 0.1) is 5.02 Å². The van der Waals surface area contributed by atoms with E-state index in [4.69, 9.17) is 11.6 Å². The first-order valence-electron chi connectivity index (χ1n) is 7.39. The van der Waals surface area contributed by atoms with Gasteiger partial charge in [0.2, 0.25) is 0 Å². The molecule has 0 saturated heterocycles. The van der Waals surface area contributed by atoms with Crippen LogP contribution in [-0.4, -0.2) is 13.1 Å². The number of benzene rings is 1. The van der Waals surface area contributed by atoms with Crippen molar-refractivity contribution >= 4 is 11.6 Å². The molecule has 0 aliphatic carbocycles. The van der Waals surface area contributed by atoms with Crippen LogP contribution in [0.25, 0.3) is 0 Å². The summed E-state index contributed by atoms with van der Waals surface area (Å²) in [6.45, 7) is 13.1. The largest absolute Gasteiger partial charge is 0.316 e. The molecule has 0 bridgehead atoms. The summed E-state index contributed by atoms with van der Waals surface area (Å²) in [5.74, 6) is 0.831. The topological polar surface area (TPSA) is 12.0 Å². The van der Waals surface area contributed by atoms with Crippen molar-refractivity contribution < 1.29 is 4.39 Å². The normalized spacial score (nSPS) is 14.8. The molecule has 0 saturated carbocycles. The van der Waals surface area contributed by atoms with Crippen LogP contribution in [0.5, 0.6) is 0 Å².